The lowest BCUT2D eigenvalue weighted by Gasteiger charge is -2.28. The van der Waals surface area contributed by atoms with E-state index in [-0.39, 0.29) is 29.2 Å². The maximum atomic E-state index is 12.9. The van der Waals surface area contributed by atoms with Gasteiger partial charge in [-0.05, 0) is 36.8 Å². The lowest BCUT2D eigenvalue weighted by molar-refractivity contribution is -0.130. The van der Waals surface area contributed by atoms with Crippen LogP contribution in [0.15, 0.2) is 22.5 Å². The minimum Gasteiger partial charge on any atom is -0.338 e. The van der Waals surface area contributed by atoms with Crippen LogP contribution in [0, 0.1) is 0 Å². The normalized spacial score (nSPS) is 17.4. The average Bonchev–Trinajstić information content (AvgIpc) is 3.38. The molecule has 2 aromatic rings. The molecule has 1 saturated heterocycles. The van der Waals surface area contributed by atoms with Crippen LogP contribution in [0.3, 0.4) is 0 Å². The average molecular weight is 497 g/mol. The zero-order valence-electron chi connectivity index (χ0n) is 19.0. The highest BCUT2D eigenvalue weighted by atomic mass is 32.2. The number of carbonyl (C=O) groups excluding carboxylic acids is 1. The number of unbranched alkanes of at least 4 members (excludes halogenated alkanes) is 1. The van der Waals surface area contributed by atoms with Gasteiger partial charge in [0.1, 0.15) is 0 Å². The molecule has 1 fully saturated rings. The third-order valence-corrected chi connectivity index (χ3v) is 9.39. The van der Waals surface area contributed by atoms with Crippen LogP contribution in [0.1, 0.15) is 51.2 Å². The molecule has 0 radical (unpaired) electrons. The highest BCUT2D eigenvalue weighted by Crippen LogP contribution is 2.31. The minimum atomic E-state index is -3.03. The molecule has 3 rings (SSSR count). The van der Waals surface area contributed by atoms with Crippen molar-refractivity contribution in [3.63, 3.8) is 0 Å². The number of sulfone groups is 1. The van der Waals surface area contributed by atoms with Crippen LogP contribution >= 0.6 is 23.1 Å². The van der Waals surface area contributed by atoms with Crippen molar-refractivity contribution in [2.75, 3.05) is 29.1 Å². The van der Waals surface area contributed by atoms with E-state index in [1.54, 1.807) is 4.90 Å². The summed E-state index contributed by atoms with van der Waals surface area (Å²) >= 11 is 2.80. The summed E-state index contributed by atoms with van der Waals surface area (Å²) in [7, 11) is -3.03. The molecule has 1 atom stereocenters. The summed E-state index contributed by atoms with van der Waals surface area (Å²) in [5.74, 6) is 0.461. The Bertz CT molecular complexity index is 1000. The Morgan fingerprint density at radius 3 is 2.53 bits per heavy atom. The molecule has 176 valence electrons. The Labute approximate surface area is 199 Å². The van der Waals surface area contributed by atoms with Crippen LogP contribution in [-0.2, 0) is 27.5 Å². The van der Waals surface area contributed by atoms with E-state index in [1.807, 2.05) is 0 Å². The van der Waals surface area contributed by atoms with Crippen molar-refractivity contribution in [1.29, 1.82) is 0 Å². The maximum Gasteiger partial charge on any atom is 0.233 e. The molecule has 1 unspecified atom stereocenters. The van der Waals surface area contributed by atoms with Crippen molar-refractivity contribution < 1.29 is 13.2 Å². The number of thioether (sulfide) groups is 1. The van der Waals surface area contributed by atoms with Gasteiger partial charge in [0.2, 0.25) is 11.0 Å². The number of carbonyl (C=O) groups is 1. The number of para-hydroxylation sites is 1. The molecule has 2 heterocycles. The highest BCUT2D eigenvalue weighted by molar-refractivity contribution is 8.01. The third kappa shape index (κ3) is 6.45. The fourth-order valence-corrected chi connectivity index (χ4v) is 7.27. The fourth-order valence-electron chi connectivity index (χ4n) is 3.90. The van der Waals surface area contributed by atoms with Crippen LogP contribution in [0.25, 0.3) is 0 Å². The summed E-state index contributed by atoms with van der Waals surface area (Å²) < 4.78 is 24.5. The standard InChI is InChI=1S/C22H32N4O3S3/c1-4-7-12-26(18-11-13-32(28,29)15-18)19(27)14-30-22-25-24-21(31-22)23-20-16(5-2)9-8-10-17(20)6-3/h8-10,18H,4-7,11-15H2,1-3H3,(H,23,24). The van der Waals surface area contributed by atoms with E-state index < -0.39 is 9.84 Å². The summed E-state index contributed by atoms with van der Waals surface area (Å²) in [6.45, 7) is 6.94. The van der Waals surface area contributed by atoms with Gasteiger partial charge in [-0.15, -0.1) is 10.2 Å². The van der Waals surface area contributed by atoms with E-state index in [2.05, 4.69) is 54.5 Å². The molecule has 32 heavy (non-hydrogen) atoms. The Kier molecular flexibility index (Phi) is 8.95. The molecule has 1 N–H and O–H groups in total. The van der Waals surface area contributed by atoms with Crippen molar-refractivity contribution in [3.8, 4) is 0 Å². The van der Waals surface area contributed by atoms with E-state index in [0.717, 1.165) is 35.7 Å². The number of aromatic nitrogens is 2. The van der Waals surface area contributed by atoms with Crippen LogP contribution in [0.4, 0.5) is 10.8 Å². The van der Waals surface area contributed by atoms with Crippen molar-refractivity contribution in [2.24, 2.45) is 0 Å². The first-order chi connectivity index (χ1) is 15.4. The first-order valence-corrected chi connectivity index (χ1v) is 14.8. The maximum absolute atomic E-state index is 12.9. The van der Waals surface area contributed by atoms with Gasteiger partial charge < -0.3 is 10.2 Å². The van der Waals surface area contributed by atoms with Gasteiger partial charge in [-0.2, -0.15) is 0 Å². The van der Waals surface area contributed by atoms with E-state index in [0.29, 0.717) is 18.1 Å². The van der Waals surface area contributed by atoms with Gasteiger partial charge in [-0.3, -0.25) is 4.79 Å². The molecule has 1 aliphatic rings. The summed E-state index contributed by atoms with van der Waals surface area (Å²) in [5.41, 5.74) is 3.57. The SMILES string of the molecule is CCCCN(C(=O)CSc1nnc(Nc2c(CC)cccc2CC)s1)C1CCS(=O)(=O)C1. The molecule has 0 aliphatic carbocycles. The largest absolute Gasteiger partial charge is 0.338 e. The fraction of sp³-hybridized carbons (Fsp3) is 0.591. The van der Waals surface area contributed by atoms with Gasteiger partial charge in [0.15, 0.2) is 14.2 Å². The second kappa shape index (κ2) is 11.5. The minimum absolute atomic E-state index is 0.0279. The first kappa shape index (κ1) is 25.0. The van der Waals surface area contributed by atoms with E-state index in [9.17, 15) is 13.2 Å². The Balaban J connectivity index is 1.63. The number of hydrogen-bond acceptors (Lipinski definition) is 8. The van der Waals surface area contributed by atoms with Crippen LogP contribution in [0.5, 0.6) is 0 Å². The smallest absolute Gasteiger partial charge is 0.233 e. The number of amides is 1. The third-order valence-electron chi connectivity index (χ3n) is 5.68. The molecule has 10 heteroatoms. The quantitative estimate of drug-likeness (QED) is 0.463. The van der Waals surface area contributed by atoms with E-state index in [1.165, 1.54) is 34.2 Å². The van der Waals surface area contributed by atoms with Gasteiger partial charge >= 0.3 is 0 Å². The molecule has 1 aliphatic heterocycles. The molecular weight excluding hydrogens is 464 g/mol. The zero-order chi connectivity index (χ0) is 23.1. The van der Waals surface area contributed by atoms with Gasteiger partial charge in [0.05, 0.1) is 17.3 Å². The Hall–Kier alpha value is -1.65. The predicted octanol–water partition coefficient (Wildman–Crippen LogP) is 4.31. The molecule has 7 nitrogen and oxygen atoms in total. The Morgan fingerprint density at radius 2 is 1.94 bits per heavy atom. The summed E-state index contributed by atoms with van der Waals surface area (Å²) in [5, 5.41) is 12.6. The number of aryl methyl sites for hydroxylation is 2. The molecule has 1 aromatic heterocycles. The van der Waals surface area contributed by atoms with Crippen LogP contribution < -0.4 is 5.32 Å². The van der Waals surface area contributed by atoms with E-state index >= 15 is 0 Å². The molecule has 0 saturated carbocycles. The summed E-state index contributed by atoms with van der Waals surface area (Å²) in [6.07, 6.45) is 4.22. The summed E-state index contributed by atoms with van der Waals surface area (Å²) in [4.78, 5) is 14.7. The van der Waals surface area contributed by atoms with Gasteiger partial charge in [-0.25, -0.2) is 8.42 Å². The first-order valence-electron chi connectivity index (χ1n) is 11.2. The second-order valence-corrected chi connectivity index (χ2v) is 12.4. The molecule has 1 amide bonds. The number of benzene rings is 1. The second-order valence-electron chi connectivity index (χ2n) is 7.94. The van der Waals surface area contributed by atoms with Crippen LogP contribution in [0.2, 0.25) is 0 Å². The molecular formula is C22H32N4O3S3. The van der Waals surface area contributed by atoms with Gasteiger partial charge in [0.25, 0.3) is 0 Å². The van der Waals surface area contributed by atoms with Crippen molar-refractivity contribution in [2.45, 2.75) is 63.3 Å². The molecule has 1 aromatic carbocycles. The number of rotatable bonds is 11. The van der Waals surface area contributed by atoms with Crippen LogP contribution in [-0.4, -0.2) is 59.3 Å². The van der Waals surface area contributed by atoms with Gasteiger partial charge in [0, 0.05) is 18.3 Å². The molecule has 0 spiro atoms. The molecule has 0 bridgehead atoms. The predicted molar refractivity (Wildman–Crippen MR) is 133 cm³/mol. The number of hydrogen-bond donors (Lipinski definition) is 1. The monoisotopic (exact) mass is 496 g/mol. The van der Waals surface area contributed by atoms with Crippen molar-refractivity contribution >= 4 is 49.7 Å². The lowest BCUT2D eigenvalue weighted by Crippen LogP contribution is -2.42. The number of anilines is 2. The number of nitrogens with one attached hydrogen (secondary N) is 1. The topological polar surface area (TPSA) is 92.3 Å². The lowest BCUT2D eigenvalue weighted by atomic mass is 10.0. The van der Waals surface area contributed by atoms with E-state index in [4.69, 9.17) is 0 Å². The van der Waals surface area contributed by atoms with Gasteiger partial charge in [-0.1, -0.05) is 68.5 Å². The zero-order valence-corrected chi connectivity index (χ0v) is 21.4. The highest BCUT2D eigenvalue weighted by Gasteiger charge is 2.34. The number of nitrogens with zero attached hydrogens (tertiary/aromatic N) is 3. The Morgan fingerprint density at radius 1 is 1.22 bits per heavy atom. The van der Waals surface area contributed by atoms with Crippen molar-refractivity contribution in [3.05, 3.63) is 29.3 Å². The summed E-state index contributed by atoms with van der Waals surface area (Å²) in [6, 6.07) is 6.11. The van der Waals surface area contributed by atoms with Crippen molar-refractivity contribution in [1.82, 2.24) is 15.1 Å².